The molecule has 0 unspecified atom stereocenters. The molecule has 17 heavy (non-hydrogen) atoms. The molecule has 0 aliphatic carbocycles. The van der Waals surface area contributed by atoms with E-state index in [0.717, 1.165) is 19.3 Å². The van der Waals surface area contributed by atoms with Crippen molar-refractivity contribution in [3.63, 3.8) is 0 Å². The van der Waals surface area contributed by atoms with Gasteiger partial charge in [0.15, 0.2) is 0 Å². The van der Waals surface area contributed by atoms with Crippen LogP contribution in [0.3, 0.4) is 0 Å². The van der Waals surface area contributed by atoms with Crippen molar-refractivity contribution >= 4 is 5.78 Å². The van der Waals surface area contributed by atoms with Gasteiger partial charge in [0.2, 0.25) is 0 Å². The monoisotopic (exact) mass is 238 g/mol. The largest absolute Gasteiger partial charge is 0.392 e. The van der Waals surface area contributed by atoms with Gasteiger partial charge < -0.3 is 5.11 Å². The maximum absolute atomic E-state index is 11.5. The lowest BCUT2D eigenvalue weighted by molar-refractivity contribution is -0.121. The van der Waals surface area contributed by atoms with Crippen molar-refractivity contribution in [3.8, 4) is 0 Å². The number of carbonyl (C=O) groups is 1. The molecule has 0 aliphatic rings. The lowest BCUT2D eigenvalue weighted by atomic mass is 10.0. The molecule has 0 aromatic heterocycles. The molecule has 0 spiro atoms. The van der Waals surface area contributed by atoms with Crippen LogP contribution in [0.1, 0.15) is 53.4 Å². The number of Topliss-reactive ketones (excluding diaryl/α,β-unsaturated/α-hetero) is 1. The lowest BCUT2D eigenvalue weighted by Crippen LogP contribution is -2.06. The first kappa shape index (κ1) is 16.1. The van der Waals surface area contributed by atoms with Crippen LogP contribution in [0, 0.1) is 5.92 Å². The molecule has 0 aromatic rings. The van der Waals surface area contributed by atoms with Crippen LogP contribution >= 0.6 is 0 Å². The Morgan fingerprint density at radius 2 is 1.65 bits per heavy atom. The van der Waals surface area contributed by atoms with Gasteiger partial charge in [0.25, 0.3) is 0 Å². The Bertz CT molecular complexity index is 285. The molecule has 2 nitrogen and oxygen atoms in total. The number of hydrogen-bond acceptors (Lipinski definition) is 2. The van der Waals surface area contributed by atoms with Gasteiger partial charge in [-0.15, -0.1) is 0 Å². The first-order chi connectivity index (χ1) is 7.97. The zero-order valence-electron chi connectivity index (χ0n) is 11.6. The minimum Gasteiger partial charge on any atom is -0.392 e. The van der Waals surface area contributed by atoms with Crippen LogP contribution in [0.5, 0.6) is 0 Å². The minimum atomic E-state index is 0.122. The number of allylic oxidation sites excluding steroid dienone is 3. The van der Waals surface area contributed by atoms with Crippen molar-refractivity contribution in [1.29, 1.82) is 0 Å². The van der Waals surface area contributed by atoms with Crippen LogP contribution in [0.2, 0.25) is 0 Å². The van der Waals surface area contributed by atoms with Crippen molar-refractivity contribution in [2.24, 2.45) is 5.92 Å². The zero-order valence-corrected chi connectivity index (χ0v) is 11.6. The van der Waals surface area contributed by atoms with Crippen LogP contribution in [-0.4, -0.2) is 17.5 Å². The third-order valence-electron chi connectivity index (χ3n) is 2.88. The number of hydrogen-bond donors (Lipinski definition) is 1. The van der Waals surface area contributed by atoms with Crippen molar-refractivity contribution in [1.82, 2.24) is 0 Å². The zero-order chi connectivity index (χ0) is 13.3. The van der Waals surface area contributed by atoms with Crippen LogP contribution in [0.4, 0.5) is 0 Å². The molecule has 98 valence electrons. The highest BCUT2D eigenvalue weighted by Crippen LogP contribution is 2.12. The SMILES string of the molecule is CC(=CCO)CCC=C(C)CCC(=O)C(C)C. The molecular weight excluding hydrogens is 212 g/mol. The Hall–Kier alpha value is -0.890. The summed E-state index contributed by atoms with van der Waals surface area (Å²) in [6.45, 7) is 8.13. The standard InChI is InChI=1S/C15H26O2/c1-12(2)15(17)9-8-13(3)6-5-7-14(4)10-11-16/h6,10,12,16H,5,7-9,11H2,1-4H3. The summed E-state index contributed by atoms with van der Waals surface area (Å²) in [5, 5.41) is 8.71. The number of ketones is 1. The second kappa shape index (κ2) is 9.17. The molecule has 0 saturated heterocycles. The lowest BCUT2D eigenvalue weighted by Gasteiger charge is -2.04. The van der Waals surface area contributed by atoms with E-state index >= 15 is 0 Å². The minimum absolute atomic E-state index is 0.122. The highest BCUT2D eigenvalue weighted by Gasteiger charge is 2.06. The summed E-state index contributed by atoms with van der Waals surface area (Å²) in [6.07, 6.45) is 7.54. The van der Waals surface area contributed by atoms with E-state index < -0.39 is 0 Å². The van der Waals surface area contributed by atoms with Crippen LogP contribution in [-0.2, 0) is 4.79 Å². The van der Waals surface area contributed by atoms with Crippen LogP contribution in [0.15, 0.2) is 23.3 Å². The molecule has 0 radical (unpaired) electrons. The Morgan fingerprint density at radius 1 is 1.06 bits per heavy atom. The third-order valence-corrected chi connectivity index (χ3v) is 2.88. The number of aliphatic hydroxyl groups excluding tert-OH is 1. The van der Waals surface area contributed by atoms with Gasteiger partial charge in [0.05, 0.1) is 6.61 Å². The Morgan fingerprint density at radius 3 is 2.18 bits per heavy atom. The number of carbonyl (C=O) groups excluding carboxylic acids is 1. The van der Waals surface area contributed by atoms with E-state index in [2.05, 4.69) is 13.0 Å². The van der Waals surface area contributed by atoms with Gasteiger partial charge in [-0.05, 0) is 33.1 Å². The van der Waals surface area contributed by atoms with E-state index in [1.165, 1.54) is 11.1 Å². The van der Waals surface area contributed by atoms with E-state index in [-0.39, 0.29) is 12.5 Å². The molecule has 0 heterocycles. The van der Waals surface area contributed by atoms with Gasteiger partial charge >= 0.3 is 0 Å². The van der Waals surface area contributed by atoms with Gasteiger partial charge in [0, 0.05) is 12.3 Å². The summed E-state index contributed by atoms with van der Waals surface area (Å²) < 4.78 is 0. The van der Waals surface area contributed by atoms with Crippen LogP contribution in [0.25, 0.3) is 0 Å². The summed E-state index contributed by atoms with van der Waals surface area (Å²) in [6, 6.07) is 0. The molecule has 0 rings (SSSR count). The molecule has 2 heteroatoms. The Kier molecular flexibility index (Phi) is 8.69. The smallest absolute Gasteiger partial charge is 0.135 e. The summed E-state index contributed by atoms with van der Waals surface area (Å²) in [4.78, 5) is 11.5. The van der Waals surface area contributed by atoms with Gasteiger partial charge in [-0.1, -0.05) is 37.1 Å². The Labute approximate surface area is 105 Å². The van der Waals surface area contributed by atoms with Crippen molar-refractivity contribution in [2.75, 3.05) is 6.61 Å². The second-order valence-corrected chi connectivity index (χ2v) is 4.94. The van der Waals surface area contributed by atoms with E-state index in [4.69, 9.17) is 5.11 Å². The van der Waals surface area contributed by atoms with Gasteiger partial charge in [-0.2, -0.15) is 0 Å². The van der Waals surface area contributed by atoms with Crippen molar-refractivity contribution < 1.29 is 9.90 Å². The molecule has 0 amide bonds. The van der Waals surface area contributed by atoms with Gasteiger partial charge in [0.1, 0.15) is 5.78 Å². The fourth-order valence-electron chi connectivity index (χ4n) is 1.52. The Balaban J connectivity index is 3.87. The van der Waals surface area contributed by atoms with E-state index in [1.54, 1.807) is 0 Å². The third kappa shape index (κ3) is 8.87. The predicted molar refractivity (Wildman–Crippen MR) is 72.9 cm³/mol. The fourth-order valence-corrected chi connectivity index (χ4v) is 1.52. The molecule has 0 aliphatic heterocycles. The molecule has 0 aromatic carbocycles. The average molecular weight is 238 g/mol. The molecule has 0 saturated carbocycles. The highest BCUT2D eigenvalue weighted by molar-refractivity contribution is 5.80. The molecule has 0 atom stereocenters. The maximum Gasteiger partial charge on any atom is 0.135 e. The normalized spacial score (nSPS) is 13.3. The molecule has 1 N–H and O–H groups in total. The first-order valence-electron chi connectivity index (χ1n) is 6.42. The number of aliphatic hydroxyl groups is 1. The molecular formula is C15H26O2. The summed E-state index contributed by atoms with van der Waals surface area (Å²) >= 11 is 0. The van der Waals surface area contributed by atoms with Crippen LogP contribution < -0.4 is 0 Å². The predicted octanol–water partition coefficient (Wildman–Crippen LogP) is 3.66. The van der Waals surface area contributed by atoms with E-state index in [0.29, 0.717) is 12.2 Å². The average Bonchev–Trinajstić information content (AvgIpc) is 2.26. The summed E-state index contributed by atoms with van der Waals surface area (Å²) in [5.74, 6) is 0.492. The summed E-state index contributed by atoms with van der Waals surface area (Å²) in [5.41, 5.74) is 2.51. The number of rotatable bonds is 8. The first-order valence-corrected chi connectivity index (χ1v) is 6.42. The van der Waals surface area contributed by atoms with Gasteiger partial charge in [-0.25, -0.2) is 0 Å². The quantitative estimate of drug-likeness (QED) is 0.655. The second-order valence-electron chi connectivity index (χ2n) is 4.94. The molecule has 0 fully saturated rings. The molecule has 0 bridgehead atoms. The van der Waals surface area contributed by atoms with Crippen molar-refractivity contribution in [2.45, 2.75) is 53.4 Å². The topological polar surface area (TPSA) is 37.3 Å². The van der Waals surface area contributed by atoms with E-state index in [9.17, 15) is 4.79 Å². The highest BCUT2D eigenvalue weighted by atomic mass is 16.2. The van der Waals surface area contributed by atoms with Crippen molar-refractivity contribution in [3.05, 3.63) is 23.3 Å². The fraction of sp³-hybridized carbons (Fsp3) is 0.667. The maximum atomic E-state index is 11.5. The summed E-state index contributed by atoms with van der Waals surface area (Å²) in [7, 11) is 0. The van der Waals surface area contributed by atoms with Gasteiger partial charge in [-0.3, -0.25) is 4.79 Å². The van der Waals surface area contributed by atoms with E-state index in [1.807, 2.05) is 26.8 Å².